The smallest absolute Gasteiger partial charge is 0.340 e. The Bertz CT molecular complexity index is 637. The largest absolute Gasteiger partial charge is 0.457 e. The van der Waals surface area contributed by atoms with Gasteiger partial charge in [0.25, 0.3) is 5.91 Å². The lowest BCUT2D eigenvalue weighted by molar-refractivity contribution is 0.0472. The summed E-state index contributed by atoms with van der Waals surface area (Å²) in [6, 6.07) is 12.5. The van der Waals surface area contributed by atoms with E-state index in [1.54, 1.807) is 0 Å². The lowest BCUT2D eigenvalue weighted by Gasteiger charge is -2.08. The zero-order valence-corrected chi connectivity index (χ0v) is 12.6. The highest BCUT2D eigenvalue weighted by Crippen LogP contribution is 2.06. The van der Waals surface area contributed by atoms with Crippen LogP contribution in [-0.2, 0) is 11.3 Å². The highest BCUT2D eigenvalue weighted by molar-refractivity contribution is 5.94. The molecule has 114 valence electrons. The zero-order chi connectivity index (χ0) is 15.9. The standard InChI is InChI=1S/C17H18N2O3/c1-12(2)19-16(20)15-9-8-14(10-18-15)17(21)22-11-13-6-4-3-5-7-13/h3-10,12H,11H2,1-2H3,(H,19,20). The van der Waals surface area contributed by atoms with Crippen LogP contribution in [0.15, 0.2) is 48.7 Å². The highest BCUT2D eigenvalue weighted by Gasteiger charge is 2.12. The van der Waals surface area contributed by atoms with E-state index in [2.05, 4.69) is 10.3 Å². The average molecular weight is 298 g/mol. The highest BCUT2D eigenvalue weighted by atomic mass is 16.5. The Kier molecular flexibility index (Phi) is 5.25. The van der Waals surface area contributed by atoms with Gasteiger partial charge in [0, 0.05) is 12.2 Å². The fourth-order valence-electron chi connectivity index (χ4n) is 1.79. The van der Waals surface area contributed by atoms with Crippen molar-refractivity contribution in [2.24, 2.45) is 0 Å². The molecular formula is C17H18N2O3. The van der Waals surface area contributed by atoms with Crippen molar-refractivity contribution >= 4 is 11.9 Å². The lowest BCUT2D eigenvalue weighted by Crippen LogP contribution is -2.30. The van der Waals surface area contributed by atoms with Crippen LogP contribution in [0.25, 0.3) is 0 Å². The van der Waals surface area contributed by atoms with Gasteiger partial charge in [-0.3, -0.25) is 9.78 Å². The maximum atomic E-state index is 11.9. The van der Waals surface area contributed by atoms with E-state index in [0.717, 1.165) is 5.56 Å². The quantitative estimate of drug-likeness (QED) is 0.861. The first-order chi connectivity index (χ1) is 10.6. The first-order valence-electron chi connectivity index (χ1n) is 7.04. The number of carbonyl (C=O) groups is 2. The van der Waals surface area contributed by atoms with Gasteiger partial charge in [0.2, 0.25) is 0 Å². The predicted molar refractivity (Wildman–Crippen MR) is 82.4 cm³/mol. The SMILES string of the molecule is CC(C)NC(=O)c1ccc(C(=O)OCc2ccccc2)cn1. The van der Waals surface area contributed by atoms with Crippen LogP contribution >= 0.6 is 0 Å². The van der Waals surface area contributed by atoms with Gasteiger partial charge in [-0.2, -0.15) is 0 Å². The van der Waals surface area contributed by atoms with Gasteiger partial charge in [-0.05, 0) is 31.5 Å². The second-order valence-corrected chi connectivity index (χ2v) is 5.12. The van der Waals surface area contributed by atoms with Crippen molar-refractivity contribution in [2.75, 3.05) is 0 Å². The Hall–Kier alpha value is -2.69. The number of nitrogens with one attached hydrogen (secondary N) is 1. The third-order valence-electron chi connectivity index (χ3n) is 2.86. The number of hydrogen-bond donors (Lipinski definition) is 1. The third kappa shape index (κ3) is 4.41. The lowest BCUT2D eigenvalue weighted by atomic mass is 10.2. The van der Waals surface area contributed by atoms with Crippen molar-refractivity contribution in [1.29, 1.82) is 0 Å². The molecule has 0 radical (unpaired) electrons. The molecule has 0 fully saturated rings. The van der Waals surface area contributed by atoms with E-state index in [9.17, 15) is 9.59 Å². The van der Waals surface area contributed by atoms with Crippen molar-refractivity contribution in [1.82, 2.24) is 10.3 Å². The van der Waals surface area contributed by atoms with Gasteiger partial charge in [0.1, 0.15) is 12.3 Å². The van der Waals surface area contributed by atoms with Gasteiger partial charge < -0.3 is 10.1 Å². The van der Waals surface area contributed by atoms with Crippen molar-refractivity contribution in [3.63, 3.8) is 0 Å². The van der Waals surface area contributed by atoms with E-state index in [0.29, 0.717) is 5.56 Å². The summed E-state index contributed by atoms with van der Waals surface area (Å²) in [6.45, 7) is 3.94. The van der Waals surface area contributed by atoms with Gasteiger partial charge in [-0.25, -0.2) is 4.79 Å². The van der Waals surface area contributed by atoms with Gasteiger partial charge >= 0.3 is 5.97 Å². The van der Waals surface area contributed by atoms with E-state index in [1.807, 2.05) is 44.2 Å². The molecule has 0 spiro atoms. The summed E-state index contributed by atoms with van der Waals surface area (Å²) < 4.78 is 5.20. The maximum absolute atomic E-state index is 11.9. The number of benzene rings is 1. The second-order valence-electron chi connectivity index (χ2n) is 5.12. The summed E-state index contributed by atoms with van der Waals surface area (Å²) in [5, 5.41) is 2.74. The first-order valence-corrected chi connectivity index (χ1v) is 7.04. The van der Waals surface area contributed by atoms with E-state index < -0.39 is 5.97 Å². The minimum atomic E-state index is -0.466. The van der Waals surface area contributed by atoms with Crippen molar-refractivity contribution in [2.45, 2.75) is 26.5 Å². The summed E-state index contributed by atoms with van der Waals surface area (Å²) in [4.78, 5) is 27.7. The molecule has 2 rings (SSSR count). The monoisotopic (exact) mass is 298 g/mol. The van der Waals surface area contributed by atoms with Gasteiger partial charge in [-0.1, -0.05) is 30.3 Å². The van der Waals surface area contributed by atoms with Crippen molar-refractivity contribution in [3.05, 3.63) is 65.5 Å². The number of carbonyl (C=O) groups excluding carboxylic acids is 2. The summed E-state index contributed by atoms with van der Waals surface area (Å²) in [7, 11) is 0. The van der Waals surface area contributed by atoms with Crippen LogP contribution in [0.5, 0.6) is 0 Å². The summed E-state index contributed by atoms with van der Waals surface area (Å²) in [5.74, 6) is -0.730. The minimum Gasteiger partial charge on any atom is -0.457 e. The van der Waals surface area contributed by atoms with Crippen LogP contribution in [-0.4, -0.2) is 22.9 Å². The summed E-state index contributed by atoms with van der Waals surface area (Å²) in [6.07, 6.45) is 1.35. The van der Waals surface area contributed by atoms with Crippen LogP contribution in [0.1, 0.15) is 40.3 Å². The molecule has 0 bridgehead atoms. The summed E-state index contributed by atoms with van der Waals surface area (Å²) in [5.41, 5.74) is 1.50. The predicted octanol–water partition coefficient (Wildman–Crippen LogP) is 2.58. The molecule has 2 aromatic rings. The van der Waals surface area contributed by atoms with Crippen LogP contribution in [0.2, 0.25) is 0 Å². The number of aromatic nitrogens is 1. The zero-order valence-electron chi connectivity index (χ0n) is 12.6. The molecular weight excluding hydrogens is 280 g/mol. The van der Waals surface area contributed by atoms with Crippen LogP contribution in [0.4, 0.5) is 0 Å². The fourth-order valence-corrected chi connectivity index (χ4v) is 1.79. The molecule has 1 aromatic heterocycles. The molecule has 0 atom stereocenters. The number of pyridine rings is 1. The average Bonchev–Trinajstić information content (AvgIpc) is 2.53. The molecule has 1 amide bonds. The van der Waals surface area contributed by atoms with Crippen LogP contribution in [0.3, 0.4) is 0 Å². The molecule has 22 heavy (non-hydrogen) atoms. The Morgan fingerprint density at radius 1 is 1.14 bits per heavy atom. The number of ether oxygens (including phenoxy) is 1. The molecule has 0 saturated heterocycles. The number of amides is 1. The van der Waals surface area contributed by atoms with E-state index in [4.69, 9.17) is 4.74 Å². The van der Waals surface area contributed by atoms with Gasteiger partial charge in [0.15, 0.2) is 0 Å². The molecule has 0 aliphatic heterocycles. The third-order valence-corrected chi connectivity index (χ3v) is 2.86. The Balaban J connectivity index is 1.95. The molecule has 5 heteroatoms. The Morgan fingerprint density at radius 2 is 1.86 bits per heavy atom. The minimum absolute atomic E-state index is 0.0322. The topological polar surface area (TPSA) is 68.3 Å². The number of rotatable bonds is 5. The molecule has 0 unspecified atom stereocenters. The molecule has 5 nitrogen and oxygen atoms in total. The summed E-state index contributed by atoms with van der Waals surface area (Å²) >= 11 is 0. The van der Waals surface area contributed by atoms with E-state index in [-0.39, 0.29) is 24.2 Å². The normalized spacial score (nSPS) is 10.3. The molecule has 0 aliphatic carbocycles. The number of esters is 1. The number of hydrogen-bond acceptors (Lipinski definition) is 4. The first kappa shape index (κ1) is 15.7. The van der Waals surface area contributed by atoms with Crippen LogP contribution < -0.4 is 5.32 Å². The molecule has 1 heterocycles. The van der Waals surface area contributed by atoms with Crippen molar-refractivity contribution < 1.29 is 14.3 Å². The van der Waals surface area contributed by atoms with E-state index >= 15 is 0 Å². The molecule has 0 saturated carbocycles. The van der Waals surface area contributed by atoms with E-state index in [1.165, 1.54) is 18.3 Å². The maximum Gasteiger partial charge on any atom is 0.340 e. The second kappa shape index (κ2) is 7.36. The number of nitrogens with zero attached hydrogens (tertiary/aromatic N) is 1. The van der Waals surface area contributed by atoms with Gasteiger partial charge in [0.05, 0.1) is 5.56 Å². The Labute approximate surface area is 129 Å². The molecule has 1 aromatic carbocycles. The van der Waals surface area contributed by atoms with Gasteiger partial charge in [-0.15, -0.1) is 0 Å². The van der Waals surface area contributed by atoms with Crippen LogP contribution in [0, 0.1) is 0 Å². The molecule has 0 aliphatic rings. The fraction of sp³-hybridized carbons (Fsp3) is 0.235. The molecule has 1 N–H and O–H groups in total. The Morgan fingerprint density at radius 3 is 2.45 bits per heavy atom. The van der Waals surface area contributed by atoms with Crippen molar-refractivity contribution in [3.8, 4) is 0 Å².